The van der Waals surface area contributed by atoms with Crippen LogP contribution in [0.2, 0.25) is 0 Å². The molecule has 3 nitrogen and oxygen atoms in total. The topological polar surface area (TPSA) is 47.3 Å². The van der Waals surface area contributed by atoms with Crippen LogP contribution in [0.4, 0.5) is 0 Å². The van der Waals surface area contributed by atoms with Crippen molar-refractivity contribution in [3.63, 3.8) is 0 Å². The molecule has 0 bridgehead atoms. The van der Waals surface area contributed by atoms with Crippen molar-refractivity contribution in [3.05, 3.63) is 0 Å². The summed E-state index contributed by atoms with van der Waals surface area (Å²) in [7, 11) is 0. The van der Waals surface area contributed by atoms with E-state index in [-0.39, 0.29) is 11.1 Å². The van der Waals surface area contributed by atoms with E-state index in [1.54, 1.807) is 0 Å². The van der Waals surface area contributed by atoms with Crippen LogP contribution in [0.3, 0.4) is 0 Å². The van der Waals surface area contributed by atoms with Gasteiger partial charge in [-0.2, -0.15) is 0 Å². The summed E-state index contributed by atoms with van der Waals surface area (Å²) in [4.78, 5) is 0. The summed E-state index contributed by atoms with van der Waals surface area (Å²) in [6.07, 6.45) is 6.21. The average molecular weight is 226 g/mol. The SMILES string of the molecule is CC1CCCC1(CN)NCC1(C)CCCO1. The molecule has 2 aliphatic rings. The number of nitrogens with two attached hydrogens (primary N) is 1. The largest absolute Gasteiger partial charge is 0.374 e. The Kier molecular flexibility index (Phi) is 3.57. The van der Waals surface area contributed by atoms with Crippen molar-refractivity contribution < 1.29 is 4.74 Å². The van der Waals surface area contributed by atoms with E-state index in [1.165, 1.54) is 32.1 Å². The van der Waals surface area contributed by atoms with Crippen LogP contribution in [0.1, 0.15) is 46.0 Å². The standard InChI is InChI=1S/C13H26N2O/c1-11-5-3-7-13(11,9-14)15-10-12(2)6-4-8-16-12/h11,15H,3-10,14H2,1-2H3. The fourth-order valence-electron chi connectivity index (χ4n) is 3.22. The van der Waals surface area contributed by atoms with Gasteiger partial charge < -0.3 is 15.8 Å². The van der Waals surface area contributed by atoms with Gasteiger partial charge in [0.25, 0.3) is 0 Å². The molecule has 3 unspecified atom stereocenters. The molecular formula is C13H26N2O. The lowest BCUT2D eigenvalue weighted by Gasteiger charge is -2.37. The second-order valence-corrected chi connectivity index (χ2v) is 5.91. The van der Waals surface area contributed by atoms with Gasteiger partial charge in [-0.25, -0.2) is 0 Å². The average Bonchev–Trinajstić information content (AvgIpc) is 2.85. The minimum Gasteiger partial charge on any atom is -0.374 e. The summed E-state index contributed by atoms with van der Waals surface area (Å²) >= 11 is 0. The fourth-order valence-corrected chi connectivity index (χ4v) is 3.22. The van der Waals surface area contributed by atoms with Crippen LogP contribution in [0.25, 0.3) is 0 Å². The van der Waals surface area contributed by atoms with Gasteiger partial charge in [-0.1, -0.05) is 13.3 Å². The zero-order valence-electron chi connectivity index (χ0n) is 10.7. The van der Waals surface area contributed by atoms with E-state index < -0.39 is 0 Å². The van der Waals surface area contributed by atoms with Crippen LogP contribution in [0.15, 0.2) is 0 Å². The number of hydrogen-bond donors (Lipinski definition) is 2. The molecular weight excluding hydrogens is 200 g/mol. The highest BCUT2D eigenvalue weighted by molar-refractivity contribution is 5.00. The molecule has 1 aliphatic heterocycles. The van der Waals surface area contributed by atoms with Crippen molar-refractivity contribution in [1.82, 2.24) is 5.32 Å². The molecule has 16 heavy (non-hydrogen) atoms. The molecule has 1 saturated carbocycles. The Hall–Kier alpha value is -0.120. The summed E-state index contributed by atoms with van der Waals surface area (Å²) in [5.41, 5.74) is 6.21. The molecule has 0 radical (unpaired) electrons. The van der Waals surface area contributed by atoms with E-state index in [0.29, 0.717) is 5.92 Å². The number of rotatable bonds is 4. The molecule has 1 aliphatic carbocycles. The maximum absolute atomic E-state index is 5.98. The molecule has 3 heteroatoms. The lowest BCUT2D eigenvalue weighted by atomic mass is 9.87. The monoisotopic (exact) mass is 226 g/mol. The second kappa shape index (κ2) is 4.63. The molecule has 1 heterocycles. The van der Waals surface area contributed by atoms with Crippen molar-refractivity contribution in [3.8, 4) is 0 Å². The number of nitrogens with one attached hydrogen (secondary N) is 1. The number of ether oxygens (including phenoxy) is 1. The van der Waals surface area contributed by atoms with E-state index in [4.69, 9.17) is 10.5 Å². The molecule has 3 atom stereocenters. The lowest BCUT2D eigenvalue weighted by Crippen LogP contribution is -2.57. The zero-order chi connectivity index (χ0) is 11.6. The third-order valence-electron chi connectivity index (χ3n) is 4.68. The molecule has 0 aromatic heterocycles. The van der Waals surface area contributed by atoms with Gasteiger partial charge >= 0.3 is 0 Å². The maximum atomic E-state index is 5.98. The predicted molar refractivity (Wildman–Crippen MR) is 66.4 cm³/mol. The van der Waals surface area contributed by atoms with E-state index in [9.17, 15) is 0 Å². The molecule has 3 N–H and O–H groups in total. The van der Waals surface area contributed by atoms with E-state index >= 15 is 0 Å². The Balaban J connectivity index is 1.92. The van der Waals surface area contributed by atoms with Gasteiger partial charge in [0.2, 0.25) is 0 Å². The van der Waals surface area contributed by atoms with Crippen molar-refractivity contribution in [2.75, 3.05) is 19.7 Å². The molecule has 0 aromatic rings. The summed E-state index contributed by atoms with van der Waals surface area (Å²) in [6, 6.07) is 0. The van der Waals surface area contributed by atoms with Gasteiger partial charge in [-0.15, -0.1) is 0 Å². The summed E-state index contributed by atoms with van der Waals surface area (Å²) in [6.45, 7) is 7.17. The minimum atomic E-state index is 0.0461. The second-order valence-electron chi connectivity index (χ2n) is 5.91. The number of hydrogen-bond acceptors (Lipinski definition) is 3. The van der Waals surface area contributed by atoms with Crippen molar-refractivity contribution in [2.24, 2.45) is 11.7 Å². The quantitative estimate of drug-likeness (QED) is 0.766. The molecule has 0 amide bonds. The molecule has 0 aromatic carbocycles. The third-order valence-corrected chi connectivity index (χ3v) is 4.68. The van der Waals surface area contributed by atoms with Crippen LogP contribution in [-0.4, -0.2) is 30.8 Å². The Morgan fingerprint density at radius 2 is 2.19 bits per heavy atom. The van der Waals surface area contributed by atoms with Gasteiger partial charge in [-0.05, 0) is 38.5 Å². The van der Waals surface area contributed by atoms with Gasteiger partial charge in [0, 0.05) is 25.2 Å². The Bertz CT molecular complexity index is 238. The van der Waals surface area contributed by atoms with Crippen LogP contribution >= 0.6 is 0 Å². The molecule has 2 fully saturated rings. The smallest absolute Gasteiger partial charge is 0.0779 e. The van der Waals surface area contributed by atoms with Crippen LogP contribution in [0.5, 0.6) is 0 Å². The highest BCUT2D eigenvalue weighted by Gasteiger charge is 2.41. The first kappa shape index (κ1) is 12.3. The highest BCUT2D eigenvalue weighted by Crippen LogP contribution is 2.35. The fraction of sp³-hybridized carbons (Fsp3) is 1.00. The summed E-state index contributed by atoms with van der Waals surface area (Å²) < 4.78 is 5.82. The molecule has 2 rings (SSSR count). The van der Waals surface area contributed by atoms with Crippen molar-refractivity contribution >= 4 is 0 Å². The van der Waals surface area contributed by atoms with Gasteiger partial charge in [0.15, 0.2) is 0 Å². The normalized spacial score (nSPS) is 44.1. The minimum absolute atomic E-state index is 0.0461. The first-order valence-electron chi connectivity index (χ1n) is 6.69. The van der Waals surface area contributed by atoms with Gasteiger partial charge in [-0.3, -0.25) is 0 Å². The Morgan fingerprint density at radius 3 is 2.69 bits per heavy atom. The Morgan fingerprint density at radius 1 is 1.38 bits per heavy atom. The highest BCUT2D eigenvalue weighted by atomic mass is 16.5. The molecule has 94 valence electrons. The van der Waals surface area contributed by atoms with Crippen LogP contribution in [0, 0.1) is 5.92 Å². The van der Waals surface area contributed by atoms with E-state index in [1.807, 2.05) is 0 Å². The molecule has 0 spiro atoms. The van der Waals surface area contributed by atoms with Gasteiger partial charge in [0.05, 0.1) is 5.60 Å². The van der Waals surface area contributed by atoms with E-state index in [2.05, 4.69) is 19.2 Å². The summed E-state index contributed by atoms with van der Waals surface area (Å²) in [5.74, 6) is 0.697. The van der Waals surface area contributed by atoms with Crippen molar-refractivity contribution in [2.45, 2.75) is 57.1 Å². The Labute approximate surface area is 99.1 Å². The third kappa shape index (κ3) is 2.27. The van der Waals surface area contributed by atoms with Crippen LogP contribution in [-0.2, 0) is 4.74 Å². The van der Waals surface area contributed by atoms with E-state index in [0.717, 1.165) is 19.7 Å². The predicted octanol–water partition coefficient (Wildman–Crippen LogP) is 1.66. The van der Waals surface area contributed by atoms with Crippen LogP contribution < -0.4 is 11.1 Å². The first-order chi connectivity index (χ1) is 7.60. The molecule has 1 saturated heterocycles. The maximum Gasteiger partial charge on any atom is 0.0779 e. The first-order valence-corrected chi connectivity index (χ1v) is 6.69. The van der Waals surface area contributed by atoms with Crippen molar-refractivity contribution in [1.29, 1.82) is 0 Å². The van der Waals surface area contributed by atoms with Gasteiger partial charge in [0.1, 0.15) is 0 Å². The summed E-state index contributed by atoms with van der Waals surface area (Å²) in [5, 5.41) is 3.73. The lowest BCUT2D eigenvalue weighted by molar-refractivity contribution is 0.0124. The zero-order valence-corrected chi connectivity index (χ0v) is 10.7.